The molecule has 74 valence electrons. The molecule has 0 bridgehead atoms. The minimum atomic E-state index is 0.0205. The van der Waals surface area contributed by atoms with Gasteiger partial charge in [0.15, 0.2) is 5.78 Å². The lowest BCUT2D eigenvalue weighted by Gasteiger charge is -1.98. The lowest BCUT2D eigenvalue weighted by molar-refractivity contribution is 0.0988. The monoisotopic (exact) mass is 189 g/mol. The quantitative estimate of drug-likeness (QED) is 0.670. The standard InChI is InChI=1S/C10H9NO.C2H6/c1-2-10(12)9-6-4-3-5-8(9)7-11;1-2/h3-6H,2H2,1H3;1-2H3. The van der Waals surface area contributed by atoms with Crippen LogP contribution in [-0.4, -0.2) is 5.78 Å². The van der Waals surface area contributed by atoms with Crippen LogP contribution in [0.4, 0.5) is 0 Å². The third-order valence-electron chi connectivity index (χ3n) is 1.67. The molecule has 1 aromatic carbocycles. The molecule has 0 unspecified atom stereocenters. The first-order valence-corrected chi connectivity index (χ1v) is 4.82. The Morgan fingerprint density at radius 2 is 1.93 bits per heavy atom. The van der Waals surface area contributed by atoms with Crippen molar-refractivity contribution in [3.63, 3.8) is 0 Å². The molecule has 0 atom stereocenters. The van der Waals surface area contributed by atoms with E-state index in [0.717, 1.165) is 0 Å². The molecular weight excluding hydrogens is 174 g/mol. The van der Waals surface area contributed by atoms with E-state index in [1.54, 1.807) is 31.2 Å². The maximum Gasteiger partial charge on any atom is 0.163 e. The van der Waals surface area contributed by atoms with Gasteiger partial charge < -0.3 is 0 Å². The topological polar surface area (TPSA) is 40.9 Å². The molecule has 0 N–H and O–H groups in total. The molecule has 2 nitrogen and oxygen atoms in total. The van der Waals surface area contributed by atoms with Gasteiger partial charge in [-0.15, -0.1) is 0 Å². The molecule has 0 spiro atoms. The second-order valence-corrected chi connectivity index (χ2v) is 2.43. The highest BCUT2D eigenvalue weighted by molar-refractivity contribution is 5.98. The van der Waals surface area contributed by atoms with Crippen LogP contribution in [0.5, 0.6) is 0 Å². The second kappa shape index (κ2) is 6.85. The van der Waals surface area contributed by atoms with Gasteiger partial charge in [0.1, 0.15) is 0 Å². The van der Waals surface area contributed by atoms with Crippen LogP contribution >= 0.6 is 0 Å². The van der Waals surface area contributed by atoms with Gasteiger partial charge in [0.2, 0.25) is 0 Å². The molecule has 0 aromatic heterocycles. The normalized spacial score (nSPS) is 8.14. The summed E-state index contributed by atoms with van der Waals surface area (Å²) in [6, 6.07) is 8.85. The Morgan fingerprint density at radius 1 is 1.36 bits per heavy atom. The third kappa shape index (κ3) is 3.02. The van der Waals surface area contributed by atoms with Crippen molar-refractivity contribution in [2.24, 2.45) is 0 Å². The first-order chi connectivity index (χ1) is 6.79. The fourth-order valence-corrected chi connectivity index (χ4v) is 1.01. The van der Waals surface area contributed by atoms with Crippen molar-refractivity contribution >= 4 is 5.78 Å². The Hall–Kier alpha value is -1.62. The molecule has 0 aliphatic carbocycles. The van der Waals surface area contributed by atoms with Crippen molar-refractivity contribution in [3.8, 4) is 6.07 Å². The van der Waals surface area contributed by atoms with Crippen molar-refractivity contribution in [3.05, 3.63) is 35.4 Å². The van der Waals surface area contributed by atoms with Gasteiger partial charge in [-0.2, -0.15) is 5.26 Å². The first kappa shape index (κ1) is 12.4. The summed E-state index contributed by atoms with van der Waals surface area (Å²) in [6.07, 6.45) is 0.443. The van der Waals surface area contributed by atoms with E-state index >= 15 is 0 Å². The second-order valence-electron chi connectivity index (χ2n) is 2.43. The molecule has 1 aromatic rings. The van der Waals surface area contributed by atoms with Crippen LogP contribution in [0.25, 0.3) is 0 Å². The lowest BCUT2D eigenvalue weighted by Crippen LogP contribution is -1.99. The Kier molecular flexibility index (Phi) is 6.06. The van der Waals surface area contributed by atoms with Gasteiger partial charge in [-0.25, -0.2) is 0 Å². The Bertz CT molecular complexity index is 336. The lowest BCUT2D eigenvalue weighted by atomic mass is 10.0. The highest BCUT2D eigenvalue weighted by atomic mass is 16.1. The Morgan fingerprint density at radius 3 is 2.43 bits per heavy atom. The summed E-state index contributed by atoms with van der Waals surface area (Å²) in [6.45, 7) is 5.79. The number of ketones is 1. The summed E-state index contributed by atoms with van der Waals surface area (Å²) in [5, 5.41) is 8.66. The molecule has 2 heteroatoms. The molecular formula is C12H15NO. The van der Waals surface area contributed by atoms with Crippen molar-refractivity contribution in [1.82, 2.24) is 0 Å². The number of carbonyl (C=O) groups is 1. The maximum absolute atomic E-state index is 11.2. The molecule has 0 aliphatic heterocycles. The van der Waals surface area contributed by atoms with Crippen molar-refractivity contribution < 1.29 is 4.79 Å². The number of nitriles is 1. The van der Waals surface area contributed by atoms with E-state index in [1.165, 1.54) is 0 Å². The van der Waals surface area contributed by atoms with Crippen molar-refractivity contribution in [2.45, 2.75) is 27.2 Å². The van der Waals surface area contributed by atoms with Crippen LogP contribution in [0.3, 0.4) is 0 Å². The fraction of sp³-hybridized carbons (Fsp3) is 0.333. The Balaban J connectivity index is 0.000000791. The van der Waals surface area contributed by atoms with E-state index in [9.17, 15) is 4.79 Å². The van der Waals surface area contributed by atoms with Crippen LogP contribution in [0.15, 0.2) is 24.3 Å². The molecule has 0 heterocycles. The Labute approximate surface area is 85.2 Å². The van der Waals surface area contributed by atoms with Gasteiger partial charge in [-0.1, -0.05) is 39.0 Å². The summed E-state index contributed by atoms with van der Waals surface area (Å²) in [4.78, 5) is 11.2. The molecule has 0 aliphatic rings. The van der Waals surface area contributed by atoms with Crippen molar-refractivity contribution in [2.75, 3.05) is 0 Å². The van der Waals surface area contributed by atoms with Gasteiger partial charge in [0.25, 0.3) is 0 Å². The molecule has 0 saturated carbocycles. The van der Waals surface area contributed by atoms with Crippen LogP contribution in [-0.2, 0) is 0 Å². The highest BCUT2D eigenvalue weighted by Gasteiger charge is 2.06. The minimum absolute atomic E-state index is 0.0205. The molecule has 1 rings (SSSR count). The van der Waals surface area contributed by atoms with E-state index in [4.69, 9.17) is 5.26 Å². The number of hydrogen-bond acceptors (Lipinski definition) is 2. The summed E-state index contributed by atoms with van der Waals surface area (Å²) in [5.41, 5.74) is 0.992. The molecule has 0 saturated heterocycles. The summed E-state index contributed by atoms with van der Waals surface area (Å²) in [5.74, 6) is 0.0205. The van der Waals surface area contributed by atoms with E-state index in [0.29, 0.717) is 17.5 Å². The van der Waals surface area contributed by atoms with E-state index in [-0.39, 0.29) is 5.78 Å². The highest BCUT2D eigenvalue weighted by Crippen LogP contribution is 2.09. The van der Waals surface area contributed by atoms with Gasteiger partial charge in [0, 0.05) is 12.0 Å². The number of carbonyl (C=O) groups excluding carboxylic acids is 1. The largest absolute Gasteiger partial charge is 0.294 e. The first-order valence-electron chi connectivity index (χ1n) is 4.82. The predicted molar refractivity (Wildman–Crippen MR) is 57.1 cm³/mol. The number of rotatable bonds is 2. The average molecular weight is 189 g/mol. The van der Waals surface area contributed by atoms with Crippen LogP contribution in [0, 0.1) is 11.3 Å². The minimum Gasteiger partial charge on any atom is -0.294 e. The summed E-state index contributed by atoms with van der Waals surface area (Å²) < 4.78 is 0. The molecule has 0 fully saturated rings. The SMILES string of the molecule is CC.CCC(=O)c1ccccc1C#N. The number of Topliss-reactive ketones (excluding diaryl/α,β-unsaturated/α-hetero) is 1. The molecule has 0 amide bonds. The smallest absolute Gasteiger partial charge is 0.163 e. The van der Waals surface area contributed by atoms with Gasteiger partial charge in [-0.05, 0) is 6.07 Å². The third-order valence-corrected chi connectivity index (χ3v) is 1.67. The van der Waals surface area contributed by atoms with Crippen LogP contribution < -0.4 is 0 Å². The van der Waals surface area contributed by atoms with E-state index in [1.807, 2.05) is 19.9 Å². The summed E-state index contributed by atoms with van der Waals surface area (Å²) in [7, 11) is 0. The number of hydrogen-bond donors (Lipinski definition) is 0. The summed E-state index contributed by atoms with van der Waals surface area (Å²) >= 11 is 0. The average Bonchev–Trinajstić information content (AvgIpc) is 2.30. The van der Waals surface area contributed by atoms with Gasteiger partial charge in [-0.3, -0.25) is 4.79 Å². The van der Waals surface area contributed by atoms with E-state index < -0.39 is 0 Å². The molecule has 14 heavy (non-hydrogen) atoms. The van der Waals surface area contributed by atoms with E-state index in [2.05, 4.69) is 0 Å². The zero-order chi connectivity index (χ0) is 11.0. The van der Waals surface area contributed by atoms with Gasteiger partial charge >= 0.3 is 0 Å². The van der Waals surface area contributed by atoms with Gasteiger partial charge in [0.05, 0.1) is 11.6 Å². The zero-order valence-corrected chi connectivity index (χ0v) is 8.87. The number of benzene rings is 1. The van der Waals surface area contributed by atoms with Crippen molar-refractivity contribution in [1.29, 1.82) is 5.26 Å². The molecule has 0 radical (unpaired) electrons. The number of nitrogens with zero attached hydrogens (tertiary/aromatic N) is 1. The fourth-order valence-electron chi connectivity index (χ4n) is 1.01. The predicted octanol–water partition coefficient (Wildman–Crippen LogP) is 3.18. The van der Waals surface area contributed by atoms with Crippen LogP contribution in [0.2, 0.25) is 0 Å². The van der Waals surface area contributed by atoms with Crippen LogP contribution in [0.1, 0.15) is 43.1 Å². The zero-order valence-electron chi connectivity index (χ0n) is 8.87. The maximum atomic E-state index is 11.2.